The van der Waals surface area contributed by atoms with Gasteiger partial charge in [0, 0.05) is 13.2 Å². The molecular weight excluding hydrogens is 224 g/mol. The summed E-state index contributed by atoms with van der Waals surface area (Å²) in [7, 11) is 1.49. The molecule has 6 heteroatoms. The number of nitrogens with zero attached hydrogens (tertiary/aromatic N) is 2. The molecule has 0 radical (unpaired) electrons. The molecule has 17 heavy (non-hydrogen) atoms. The van der Waals surface area contributed by atoms with E-state index in [4.69, 9.17) is 10.2 Å². The van der Waals surface area contributed by atoms with E-state index >= 15 is 0 Å². The Kier molecular flexibility index (Phi) is 4.17. The number of hydrogen-bond donors (Lipinski definition) is 2. The van der Waals surface area contributed by atoms with Crippen LogP contribution in [0.2, 0.25) is 0 Å². The minimum atomic E-state index is -1.20. The number of hydrogen-bond acceptors (Lipinski definition) is 4. The number of rotatable bonds is 4. The molecule has 2 N–H and O–H groups in total. The third kappa shape index (κ3) is 2.79. The molecule has 0 fully saturated rings. The third-order valence-corrected chi connectivity index (χ3v) is 2.49. The fourth-order valence-corrected chi connectivity index (χ4v) is 1.24. The van der Waals surface area contributed by atoms with Crippen molar-refractivity contribution >= 4 is 11.9 Å². The fraction of sp³-hybridized carbons (Fsp3) is 0.364. The van der Waals surface area contributed by atoms with Gasteiger partial charge in [-0.1, -0.05) is 0 Å². The van der Waals surface area contributed by atoms with Crippen molar-refractivity contribution in [1.82, 2.24) is 9.88 Å². The molecule has 1 aromatic heterocycles. The van der Waals surface area contributed by atoms with E-state index in [1.165, 1.54) is 30.3 Å². The number of aliphatic hydroxyl groups excluding tert-OH is 1. The highest BCUT2D eigenvalue weighted by atomic mass is 16.4. The summed E-state index contributed by atoms with van der Waals surface area (Å²) in [5, 5.41) is 17.9. The first-order valence-corrected chi connectivity index (χ1v) is 5.05. The molecule has 92 valence electrons. The van der Waals surface area contributed by atoms with Crippen LogP contribution < -0.4 is 0 Å². The van der Waals surface area contributed by atoms with Crippen LogP contribution in [-0.4, -0.2) is 51.7 Å². The van der Waals surface area contributed by atoms with Crippen molar-refractivity contribution in [2.24, 2.45) is 0 Å². The molecule has 0 spiro atoms. The summed E-state index contributed by atoms with van der Waals surface area (Å²) < 4.78 is 0. The van der Waals surface area contributed by atoms with Crippen molar-refractivity contribution < 1.29 is 19.8 Å². The number of carbonyl (C=O) groups excluding carboxylic acids is 1. The van der Waals surface area contributed by atoms with Gasteiger partial charge in [0.25, 0.3) is 5.91 Å². The van der Waals surface area contributed by atoms with Gasteiger partial charge in [-0.25, -0.2) is 4.79 Å². The highest BCUT2D eigenvalue weighted by molar-refractivity contribution is 6.03. The second kappa shape index (κ2) is 5.40. The lowest BCUT2D eigenvalue weighted by Gasteiger charge is -2.23. The fourth-order valence-electron chi connectivity index (χ4n) is 1.24. The molecule has 0 aliphatic rings. The van der Waals surface area contributed by atoms with Gasteiger partial charge < -0.3 is 15.1 Å². The zero-order valence-corrected chi connectivity index (χ0v) is 9.62. The zero-order valence-electron chi connectivity index (χ0n) is 9.62. The minimum absolute atomic E-state index is 0.122. The van der Waals surface area contributed by atoms with Crippen molar-refractivity contribution in [1.29, 1.82) is 0 Å². The Morgan fingerprint density at radius 1 is 1.53 bits per heavy atom. The van der Waals surface area contributed by atoms with Crippen LogP contribution in [0.25, 0.3) is 0 Å². The summed E-state index contributed by atoms with van der Waals surface area (Å²) in [5.74, 6) is -1.73. The number of aromatic nitrogens is 1. The molecular formula is C11H14N2O4. The van der Waals surface area contributed by atoms with Gasteiger partial charge in [-0.3, -0.25) is 9.78 Å². The van der Waals surface area contributed by atoms with Crippen molar-refractivity contribution in [3.8, 4) is 0 Å². The molecule has 0 saturated carbocycles. The summed E-state index contributed by atoms with van der Waals surface area (Å²) >= 11 is 0. The largest absolute Gasteiger partial charge is 0.478 e. The Bertz CT molecular complexity index is 433. The lowest BCUT2D eigenvalue weighted by Crippen LogP contribution is -2.38. The normalized spacial score (nSPS) is 11.9. The number of amides is 1. The SMILES string of the molecule is CC(CO)N(C)C(=O)c1ncccc1C(=O)O. The predicted molar refractivity (Wildman–Crippen MR) is 59.8 cm³/mol. The maximum absolute atomic E-state index is 12.0. The van der Waals surface area contributed by atoms with Gasteiger partial charge in [-0.2, -0.15) is 0 Å². The Morgan fingerprint density at radius 2 is 2.18 bits per heavy atom. The van der Waals surface area contributed by atoms with Crippen LogP contribution in [0, 0.1) is 0 Å². The van der Waals surface area contributed by atoms with Gasteiger partial charge in [0.05, 0.1) is 18.2 Å². The van der Waals surface area contributed by atoms with E-state index in [1.54, 1.807) is 6.92 Å². The smallest absolute Gasteiger partial charge is 0.338 e. The monoisotopic (exact) mass is 238 g/mol. The highest BCUT2D eigenvalue weighted by Crippen LogP contribution is 2.09. The average Bonchev–Trinajstić information content (AvgIpc) is 2.35. The Labute approximate surface area is 98.5 Å². The van der Waals surface area contributed by atoms with Crippen LogP contribution in [-0.2, 0) is 0 Å². The van der Waals surface area contributed by atoms with Gasteiger partial charge in [0.1, 0.15) is 5.69 Å². The Morgan fingerprint density at radius 3 is 2.71 bits per heavy atom. The summed E-state index contributed by atoms with van der Waals surface area (Å²) in [5.41, 5.74) is -0.266. The quantitative estimate of drug-likeness (QED) is 0.783. The summed E-state index contributed by atoms with van der Waals surface area (Å²) in [6, 6.07) is 2.38. The molecule has 0 aliphatic heterocycles. The van der Waals surface area contributed by atoms with Gasteiger partial charge in [0.15, 0.2) is 0 Å². The van der Waals surface area contributed by atoms with E-state index in [-0.39, 0.29) is 17.9 Å². The van der Waals surface area contributed by atoms with Crippen molar-refractivity contribution in [3.05, 3.63) is 29.6 Å². The number of aromatic carboxylic acids is 1. The first-order chi connectivity index (χ1) is 7.99. The van der Waals surface area contributed by atoms with Crippen LogP contribution >= 0.6 is 0 Å². The van der Waals surface area contributed by atoms with Crippen molar-refractivity contribution in [3.63, 3.8) is 0 Å². The van der Waals surface area contributed by atoms with Gasteiger partial charge in [-0.05, 0) is 19.1 Å². The van der Waals surface area contributed by atoms with Crippen LogP contribution in [0.15, 0.2) is 18.3 Å². The molecule has 0 aromatic carbocycles. The van der Waals surface area contributed by atoms with Gasteiger partial charge in [0.2, 0.25) is 0 Å². The van der Waals surface area contributed by atoms with Crippen molar-refractivity contribution in [2.45, 2.75) is 13.0 Å². The maximum atomic E-state index is 12.0. The van der Waals surface area contributed by atoms with Gasteiger partial charge >= 0.3 is 5.97 Å². The maximum Gasteiger partial charge on any atom is 0.338 e. The van der Waals surface area contributed by atoms with E-state index in [9.17, 15) is 9.59 Å². The molecule has 1 heterocycles. The number of pyridine rings is 1. The lowest BCUT2D eigenvalue weighted by atomic mass is 10.1. The molecule has 1 aromatic rings. The number of carboxylic acid groups (broad SMARTS) is 1. The van der Waals surface area contributed by atoms with Crippen LogP contribution in [0.1, 0.15) is 27.8 Å². The second-order valence-corrected chi connectivity index (χ2v) is 3.65. The standard InChI is InChI=1S/C11H14N2O4/c1-7(6-14)13(2)10(15)9-8(11(16)17)4-3-5-12-9/h3-5,7,14H,6H2,1-2H3,(H,16,17). The first-order valence-electron chi connectivity index (χ1n) is 5.05. The zero-order chi connectivity index (χ0) is 13.0. The average molecular weight is 238 g/mol. The Hall–Kier alpha value is -1.95. The highest BCUT2D eigenvalue weighted by Gasteiger charge is 2.23. The Balaban J connectivity index is 3.08. The molecule has 1 atom stereocenters. The third-order valence-electron chi connectivity index (χ3n) is 2.49. The summed E-state index contributed by atoms with van der Waals surface area (Å²) in [4.78, 5) is 27.9. The van der Waals surface area contributed by atoms with Crippen LogP contribution in [0.5, 0.6) is 0 Å². The molecule has 1 amide bonds. The minimum Gasteiger partial charge on any atom is -0.478 e. The van der Waals surface area contributed by atoms with E-state index in [2.05, 4.69) is 4.98 Å². The molecule has 6 nitrogen and oxygen atoms in total. The topological polar surface area (TPSA) is 90.7 Å². The predicted octanol–water partition coefficient (Wildman–Crippen LogP) is 0.233. The summed E-state index contributed by atoms with van der Waals surface area (Å²) in [6.45, 7) is 1.46. The molecule has 1 unspecified atom stereocenters. The van der Waals surface area contributed by atoms with E-state index < -0.39 is 17.9 Å². The van der Waals surface area contributed by atoms with E-state index in [1.807, 2.05) is 0 Å². The van der Waals surface area contributed by atoms with E-state index in [0.29, 0.717) is 0 Å². The first kappa shape index (κ1) is 13.1. The number of aliphatic hydroxyl groups is 1. The van der Waals surface area contributed by atoms with Crippen LogP contribution in [0.4, 0.5) is 0 Å². The van der Waals surface area contributed by atoms with Gasteiger partial charge in [-0.15, -0.1) is 0 Å². The van der Waals surface area contributed by atoms with E-state index in [0.717, 1.165) is 0 Å². The summed E-state index contributed by atoms with van der Waals surface area (Å²) in [6.07, 6.45) is 1.36. The molecule has 0 aliphatic carbocycles. The van der Waals surface area contributed by atoms with Crippen LogP contribution in [0.3, 0.4) is 0 Å². The molecule has 0 bridgehead atoms. The number of carbonyl (C=O) groups is 2. The van der Waals surface area contributed by atoms with Crippen molar-refractivity contribution in [2.75, 3.05) is 13.7 Å². The molecule has 1 rings (SSSR count). The number of carboxylic acids is 1. The number of likely N-dealkylation sites (N-methyl/N-ethyl adjacent to an activating group) is 1. The molecule has 0 saturated heterocycles. The lowest BCUT2D eigenvalue weighted by molar-refractivity contribution is 0.0642. The second-order valence-electron chi connectivity index (χ2n) is 3.65.